The Balaban J connectivity index is 3.13. The van der Waals surface area contributed by atoms with Gasteiger partial charge in [0, 0.05) is 0 Å². The lowest BCUT2D eigenvalue weighted by Crippen LogP contribution is -2.01. The molecule has 1 aromatic heterocycles. The molecule has 0 aliphatic carbocycles. The Labute approximate surface area is 77.3 Å². The maximum atomic E-state index is 10.4. The molecule has 0 bridgehead atoms. The van der Waals surface area contributed by atoms with Crippen LogP contribution in [-0.4, -0.2) is 23.2 Å². The number of rotatable bonds is 2. The second-order valence-electron chi connectivity index (χ2n) is 1.99. The maximum absolute atomic E-state index is 10.4. The number of hydrogen-bond donors (Lipinski definition) is 1. The lowest BCUT2D eigenvalue weighted by molar-refractivity contribution is 0.0689. The van der Waals surface area contributed by atoms with Gasteiger partial charge in [0.2, 0.25) is 5.88 Å². The minimum absolute atomic E-state index is 0.0324. The average Bonchev–Trinajstić information content (AvgIpc) is 2.05. The molecule has 4 nitrogen and oxygen atoms in total. The first-order valence-electron chi connectivity index (χ1n) is 3.09. The van der Waals surface area contributed by atoms with Crippen LogP contribution in [0.1, 0.15) is 10.5 Å². The molecule has 0 saturated carbocycles. The van der Waals surface area contributed by atoms with Gasteiger partial charge in [-0.25, -0.2) is 9.78 Å². The molecule has 0 spiro atoms. The topological polar surface area (TPSA) is 59.4 Å². The molecule has 64 valence electrons. The van der Waals surface area contributed by atoms with E-state index in [9.17, 15) is 4.79 Å². The van der Waals surface area contributed by atoms with Crippen molar-refractivity contribution < 1.29 is 14.6 Å². The molecular weight excluding hydrogens is 226 g/mol. The van der Waals surface area contributed by atoms with Gasteiger partial charge in [-0.05, 0) is 28.1 Å². The Kier molecular flexibility index (Phi) is 2.65. The Morgan fingerprint density at radius 3 is 2.83 bits per heavy atom. The number of aromatic carboxylic acids is 1. The SMILES string of the molecule is COc1nc(C(=O)O)ccc1Br. The number of carboxylic acid groups (broad SMARTS) is 1. The molecule has 0 aliphatic heterocycles. The summed E-state index contributed by atoms with van der Waals surface area (Å²) in [6.07, 6.45) is 0. The fourth-order valence-corrected chi connectivity index (χ4v) is 1.07. The molecule has 0 radical (unpaired) electrons. The Bertz CT molecular complexity index is 314. The molecule has 1 rings (SSSR count). The van der Waals surface area contributed by atoms with E-state index in [4.69, 9.17) is 9.84 Å². The first-order chi connectivity index (χ1) is 5.65. The van der Waals surface area contributed by atoms with Crippen LogP contribution in [0.15, 0.2) is 16.6 Å². The molecule has 0 aromatic carbocycles. The van der Waals surface area contributed by atoms with Crippen molar-refractivity contribution in [1.29, 1.82) is 0 Å². The summed E-state index contributed by atoms with van der Waals surface area (Å²) in [5.74, 6) is -0.796. The van der Waals surface area contributed by atoms with Crippen molar-refractivity contribution in [2.45, 2.75) is 0 Å². The van der Waals surface area contributed by atoms with Gasteiger partial charge in [-0.3, -0.25) is 0 Å². The summed E-state index contributed by atoms with van der Waals surface area (Å²) >= 11 is 3.16. The number of halogens is 1. The van der Waals surface area contributed by atoms with Crippen LogP contribution in [0, 0.1) is 0 Å². The quantitative estimate of drug-likeness (QED) is 0.840. The third-order valence-electron chi connectivity index (χ3n) is 1.23. The van der Waals surface area contributed by atoms with E-state index < -0.39 is 5.97 Å². The molecule has 0 aliphatic rings. The smallest absolute Gasteiger partial charge is 0.354 e. The molecule has 5 heteroatoms. The average molecular weight is 232 g/mol. The van der Waals surface area contributed by atoms with E-state index in [1.165, 1.54) is 13.2 Å². The number of aromatic nitrogens is 1. The number of ether oxygens (including phenoxy) is 1. The second-order valence-corrected chi connectivity index (χ2v) is 2.85. The van der Waals surface area contributed by atoms with E-state index in [0.717, 1.165) is 0 Å². The van der Waals surface area contributed by atoms with Crippen molar-refractivity contribution in [3.63, 3.8) is 0 Å². The van der Waals surface area contributed by atoms with Crippen LogP contribution in [0.3, 0.4) is 0 Å². The van der Waals surface area contributed by atoms with Crippen LogP contribution < -0.4 is 4.74 Å². The highest BCUT2D eigenvalue weighted by molar-refractivity contribution is 9.10. The van der Waals surface area contributed by atoms with E-state index in [1.807, 2.05) is 0 Å². The van der Waals surface area contributed by atoms with Crippen molar-refractivity contribution in [1.82, 2.24) is 4.98 Å². The minimum atomic E-state index is -1.07. The van der Waals surface area contributed by atoms with Crippen molar-refractivity contribution in [3.8, 4) is 5.88 Å². The van der Waals surface area contributed by atoms with Crippen LogP contribution >= 0.6 is 15.9 Å². The van der Waals surface area contributed by atoms with Gasteiger partial charge >= 0.3 is 5.97 Å². The fraction of sp³-hybridized carbons (Fsp3) is 0.143. The van der Waals surface area contributed by atoms with Gasteiger partial charge < -0.3 is 9.84 Å². The fourth-order valence-electron chi connectivity index (χ4n) is 0.686. The van der Waals surface area contributed by atoms with Crippen LogP contribution in [0.25, 0.3) is 0 Å². The van der Waals surface area contributed by atoms with E-state index >= 15 is 0 Å². The monoisotopic (exact) mass is 231 g/mol. The van der Waals surface area contributed by atoms with Crippen molar-refractivity contribution >= 4 is 21.9 Å². The number of carbonyl (C=O) groups is 1. The molecule has 0 saturated heterocycles. The predicted molar refractivity (Wildman–Crippen MR) is 45.4 cm³/mol. The summed E-state index contributed by atoms with van der Waals surface area (Å²) in [6.45, 7) is 0. The van der Waals surface area contributed by atoms with Crippen LogP contribution in [0.2, 0.25) is 0 Å². The zero-order chi connectivity index (χ0) is 9.14. The van der Waals surface area contributed by atoms with E-state index in [-0.39, 0.29) is 11.6 Å². The lowest BCUT2D eigenvalue weighted by Gasteiger charge is -2.01. The number of methoxy groups -OCH3 is 1. The predicted octanol–water partition coefficient (Wildman–Crippen LogP) is 1.55. The maximum Gasteiger partial charge on any atom is 0.354 e. The van der Waals surface area contributed by atoms with Gasteiger partial charge in [0.25, 0.3) is 0 Å². The van der Waals surface area contributed by atoms with E-state index in [1.54, 1.807) is 6.07 Å². The third-order valence-corrected chi connectivity index (χ3v) is 1.83. The summed E-state index contributed by atoms with van der Waals surface area (Å²) in [6, 6.07) is 2.98. The molecule has 1 heterocycles. The van der Waals surface area contributed by atoms with Gasteiger partial charge in [-0.1, -0.05) is 0 Å². The summed E-state index contributed by atoms with van der Waals surface area (Å²) in [5.41, 5.74) is -0.0324. The Morgan fingerprint density at radius 1 is 1.67 bits per heavy atom. The number of hydrogen-bond acceptors (Lipinski definition) is 3. The molecular formula is C7H6BrNO3. The largest absolute Gasteiger partial charge is 0.480 e. The van der Waals surface area contributed by atoms with Gasteiger partial charge in [-0.15, -0.1) is 0 Å². The van der Waals surface area contributed by atoms with Crippen LogP contribution in [0.5, 0.6) is 5.88 Å². The summed E-state index contributed by atoms with van der Waals surface area (Å²) in [5, 5.41) is 8.56. The molecule has 12 heavy (non-hydrogen) atoms. The van der Waals surface area contributed by atoms with Crippen LogP contribution in [0.4, 0.5) is 0 Å². The molecule has 0 fully saturated rings. The summed E-state index contributed by atoms with van der Waals surface area (Å²) in [4.78, 5) is 14.2. The highest BCUT2D eigenvalue weighted by atomic mass is 79.9. The van der Waals surface area contributed by atoms with Gasteiger partial charge in [-0.2, -0.15) is 0 Å². The number of nitrogens with zero attached hydrogens (tertiary/aromatic N) is 1. The van der Waals surface area contributed by atoms with E-state index in [0.29, 0.717) is 4.47 Å². The molecule has 0 unspecified atom stereocenters. The van der Waals surface area contributed by atoms with Gasteiger partial charge in [0.15, 0.2) is 5.69 Å². The first-order valence-corrected chi connectivity index (χ1v) is 3.88. The molecule has 1 N–H and O–H groups in total. The Morgan fingerprint density at radius 2 is 2.33 bits per heavy atom. The van der Waals surface area contributed by atoms with Crippen molar-refractivity contribution in [3.05, 3.63) is 22.3 Å². The van der Waals surface area contributed by atoms with E-state index in [2.05, 4.69) is 20.9 Å². The molecule has 0 atom stereocenters. The zero-order valence-electron chi connectivity index (χ0n) is 6.24. The first kappa shape index (κ1) is 8.99. The Hall–Kier alpha value is -1.10. The number of carboxylic acids is 1. The summed E-state index contributed by atoms with van der Waals surface area (Å²) in [7, 11) is 1.43. The summed E-state index contributed by atoms with van der Waals surface area (Å²) < 4.78 is 5.45. The van der Waals surface area contributed by atoms with Crippen molar-refractivity contribution in [2.24, 2.45) is 0 Å². The standard InChI is InChI=1S/C7H6BrNO3/c1-12-6-4(8)2-3-5(9-6)7(10)11/h2-3H,1H3,(H,10,11). The van der Waals surface area contributed by atoms with Crippen LogP contribution in [-0.2, 0) is 0 Å². The minimum Gasteiger partial charge on any atom is -0.480 e. The van der Waals surface area contributed by atoms with Gasteiger partial charge in [0.1, 0.15) is 0 Å². The van der Waals surface area contributed by atoms with Gasteiger partial charge in [0.05, 0.1) is 11.6 Å². The normalized spacial score (nSPS) is 9.50. The highest BCUT2D eigenvalue weighted by Crippen LogP contribution is 2.21. The number of pyridine rings is 1. The lowest BCUT2D eigenvalue weighted by atomic mass is 10.3. The third kappa shape index (κ3) is 1.73. The van der Waals surface area contributed by atoms with Crippen molar-refractivity contribution in [2.75, 3.05) is 7.11 Å². The zero-order valence-corrected chi connectivity index (χ0v) is 7.83. The highest BCUT2D eigenvalue weighted by Gasteiger charge is 2.08. The molecule has 0 amide bonds. The molecule has 1 aromatic rings. The second kappa shape index (κ2) is 3.53.